The first-order chi connectivity index (χ1) is 8.11. The van der Waals surface area contributed by atoms with Gasteiger partial charge in [-0.15, -0.1) is 0 Å². The van der Waals surface area contributed by atoms with Gasteiger partial charge in [-0.25, -0.2) is 0 Å². The quantitative estimate of drug-likeness (QED) is 0.653. The minimum atomic E-state index is -0.266. The van der Waals surface area contributed by atoms with E-state index in [0.717, 1.165) is 3.57 Å². The number of aromatic hydroxyl groups is 1. The standard InChI is InChI=1S/C13H8ClIO2/c14-9-5-3-7-11(16)12(9)13(17)8-4-1-2-6-10(8)15/h1-7,16H. The van der Waals surface area contributed by atoms with Crippen LogP contribution in [0.4, 0.5) is 0 Å². The lowest BCUT2D eigenvalue weighted by molar-refractivity contribution is 0.103. The van der Waals surface area contributed by atoms with Crippen LogP contribution in [-0.4, -0.2) is 10.9 Å². The predicted octanol–water partition coefficient (Wildman–Crippen LogP) is 3.88. The van der Waals surface area contributed by atoms with Crippen molar-refractivity contribution in [2.24, 2.45) is 0 Å². The zero-order chi connectivity index (χ0) is 12.4. The molecule has 2 aromatic carbocycles. The molecule has 17 heavy (non-hydrogen) atoms. The number of hydrogen-bond donors (Lipinski definition) is 1. The number of rotatable bonds is 2. The molecule has 2 rings (SSSR count). The number of carbonyl (C=O) groups is 1. The van der Waals surface area contributed by atoms with Gasteiger partial charge in [0, 0.05) is 9.13 Å². The van der Waals surface area contributed by atoms with Crippen molar-refractivity contribution in [2.45, 2.75) is 0 Å². The lowest BCUT2D eigenvalue weighted by atomic mass is 10.0. The van der Waals surface area contributed by atoms with Gasteiger partial charge in [-0.2, -0.15) is 0 Å². The number of ketones is 1. The normalized spacial score (nSPS) is 10.2. The molecule has 0 unspecified atom stereocenters. The number of phenolic OH excluding ortho intramolecular Hbond substituents is 1. The maximum atomic E-state index is 12.3. The van der Waals surface area contributed by atoms with Crippen LogP contribution in [0.2, 0.25) is 5.02 Å². The average Bonchev–Trinajstić information content (AvgIpc) is 2.29. The SMILES string of the molecule is O=C(c1ccccc1I)c1c(O)cccc1Cl. The van der Waals surface area contributed by atoms with Crippen molar-refractivity contribution >= 4 is 40.0 Å². The Balaban J connectivity index is 2.56. The smallest absolute Gasteiger partial charge is 0.199 e. The van der Waals surface area contributed by atoms with E-state index in [2.05, 4.69) is 22.6 Å². The van der Waals surface area contributed by atoms with Gasteiger partial charge in [0.15, 0.2) is 5.78 Å². The van der Waals surface area contributed by atoms with Crippen molar-refractivity contribution < 1.29 is 9.90 Å². The van der Waals surface area contributed by atoms with Crippen molar-refractivity contribution in [1.29, 1.82) is 0 Å². The van der Waals surface area contributed by atoms with Crippen LogP contribution in [0.15, 0.2) is 42.5 Å². The second kappa shape index (κ2) is 5.06. The zero-order valence-corrected chi connectivity index (χ0v) is 11.6. The average molecular weight is 359 g/mol. The van der Waals surface area contributed by atoms with Gasteiger partial charge in [0.2, 0.25) is 0 Å². The van der Waals surface area contributed by atoms with E-state index < -0.39 is 0 Å². The molecular formula is C13H8ClIO2. The Morgan fingerprint density at radius 2 is 1.82 bits per heavy atom. The van der Waals surface area contributed by atoms with Gasteiger partial charge in [-0.05, 0) is 46.9 Å². The van der Waals surface area contributed by atoms with Gasteiger partial charge in [0.1, 0.15) is 5.75 Å². The summed E-state index contributed by atoms with van der Waals surface area (Å²) in [7, 11) is 0. The highest BCUT2D eigenvalue weighted by molar-refractivity contribution is 14.1. The molecule has 0 fully saturated rings. The largest absolute Gasteiger partial charge is 0.507 e. The first kappa shape index (κ1) is 12.4. The van der Waals surface area contributed by atoms with Crippen molar-refractivity contribution in [1.82, 2.24) is 0 Å². The molecular weight excluding hydrogens is 350 g/mol. The molecule has 0 atom stereocenters. The van der Waals surface area contributed by atoms with Gasteiger partial charge < -0.3 is 5.11 Å². The van der Waals surface area contributed by atoms with E-state index in [-0.39, 0.29) is 22.1 Å². The zero-order valence-electron chi connectivity index (χ0n) is 8.65. The summed E-state index contributed by atoms with van der Waals surface area (Å²) in [5.74, 6) is -0.361. The van der Waals surface area contributed by atoms with Crippen LogP contribution in [0, 0.1) is 3.57 Å². The topological polar surface area (TPSA) is 37.3 Å². The third-order valence-corrected chi connectivity index (χ3v) is 3.59. The molecule has 0 heterocycles. The lowest BCUT2D eigenvalue weighted by Gasteiger charge is -2.07. The molecule has 2 nitrogen and oxygen atoms in total. The molecule has 4 heteroatoms. The van der Waals surface area contributed by atoms with Crippen molar-refractivity contribution in [3.63, 3.8) is 0 Å². The van der Waals surface area contributed by atoms with E-state index in [1.807, 2.05) is 12.1 Å². The lowest BCUT2D eigenvalue weighted by Crippen LogP contribution is -2.04. The summed E-state index contributed by atoms with van der Waals surface area (Å²) in [6, 6.07) is 11.8. The first-order valence-corrected chi connectivity index (χ1v) is 6.33. The Kier molecular flexibility index (Phi) is 3.69. The summed E-state index contributed by atoms with van der Waals surface area (Å²) >= 11 is 8.02. The second-order valence-corrected chi connectivity index (χ2v) is 5.01. The molecule has 0 amide bonds. The number of benzene rings is 2. The maximum absolute atomic E-state index is 12.3. The van der Waals surface area contributed by atoms with E-state index in [1.54, 1.807) is 24.3 Å². The predicted molar refractivity (Wildman–Crippen MR) is 75.7 cm³/mol. The summed E-state index contributed by atoms with van der Waals surface area (Å²) in [4.78, 5) is 12.3. The molecule has 0 aromatic heterocycles. The summed E-state index contributed by atoms with van der Waals surface area (Å²) in [6.07, 6.45) is 0. The van der Waals surface area contributed by atoms with Gasteiger partial charge in [-0.3, -0.25) is 4.79 Å². The van der Waals surface area contributed by atoms with E-state index in [9.17, 15) is 9.90 Å². The highest BCUT2D eigenvalue weighted by Gasteiger charge is 2.18. The van der Waals surface area contributed by atoms with Gasteiger partial charge >= 0.3 is 0 Å². The van der Waals surface area contributed by atoms with Gasteiger partial charge in [0.05, 0.1) is 10.6 Å². The third-order valence-electron chi connectivity index (χ3n) is 2.34. The molecule has 2 aromatic rings. The highest BCUT2D eigenvalue weighted by Crippen LogP contribution is 2.29. The first-order valence-electron chi connectivity index (χ1n) is 4.88. The summed E-state index contributed by atoms with van der Waals surface area (Å²) in [6.45, 7) is 0. The number of halogens is 2. The molecule has 0 bridgehead atoms. The minimum absolute atomic E-state index is 0.0952. The van der Waals surface area contributed by atoms with E-state index in [4.69, 9.17) is 11.6 Å². The Morgan fingerprint density at radius 3 is 2.47 bits per heavy atom. The fraction of sp³-hybridized carbons (Fsp3) is 0. The summed E-state index contributed by atoms with van der Waals surface area (Å²) in [5.41, 5.74) is 0.690. The van der Waals surface area contributed by atoms with Gasteiger partial charge in [-0.1, -0.05) is 29.8 Å². The molecule has 0 saturated heterocycles. The molecule has 0 saturated carbocycles. The fourth-order valence-electron chi connectivity index (χ4n) is 1.52. The van der Waals surface area contributed by atoms with Crippen LogP contribution >= 0.6 is 34.2 Å². The van der Waals surface area contributed by atoms with Gasteiger partial charge in [0.25, 0.3) is 0 Å². The van der Waals surface area contributed by atoms with E-state index >= 15 is 0 Å². The summed E-state index contributed by atoms with van der Waals surface area (Å²) < 4.78 is 0.828. The molecule has 86 valence electrons. The Bertz CT molecular complexity index is 561. The molecule has 0 aliphatic rings. The second-order valence-electron chi connectivity index (χ2n) is 3.44. The van der Waals surface area contributed by atoms with Crippen LogP contribution in [-0.2, 0) is 0 Å². The fourth-order valence-corrected chi connectivity index (χ4v) is 2.41. The minimum Gasteiger partial charge on any atom is -0.507 e. The van der Waals surface area contributed by atoms with E-state index in [0.29, 0.717) is 5.56 Å². The maximum Gasteiger partial charge on any atom is 0.199 e. The third kappa shape index (κ3) is 2.45. The van der Waals surface area contributed by atoms with Crippen LogP contribution in [0.3, 0.4) is 0 Å². The molecule has 0 radical (unpaired) electrons. The van der Waals surface area contributed by atoms with Crippen LogP contribution in [0.1, 0.15) is 15.9 Å². The van der Waals surface area contributed by atoms with Crippen molar-refractivity contribution in [3.05, 3.63) is 62.2 Å². The van der Waals surface area contributed by atoms with Crippen molar-refractivity contribution in [2.75, 3.05) is 0 Å². The number of phenols is 1. The molecule has 0 spiro atoms. The Morgan fingerprint density at radius 1 is 1.12 bits per heavy atom. The molecule has 1 N–H and O–H groups in total. The van der Waals surface area contributed by atoms with Crippen LogP contribution in [0.5, 0.6) is 5.75 Å². The highest BCUT2D eigenvalue weighted by atomic mass is 127. The Labute approximate surface area is 117 Å². The monoisotopic (exact) mass is 358 g/mol. The molecule has 0 aliphatic heterocycles. The summed E-state index contributed by atoms with van der Waals surface area (Å²) in [5, 5.41) is 9.97. The van der Waals surface area contributed by atoms with Crippen LogP contribution < -0.4 is 0 Å². The van der Waals surface area contributed by atoms with Crippen molar-refractivity contribution in [3.8, 4) is 5.75 Å². The van der Waals surface area contributed by atoms with Crippen LogP contribution in [0.25, 0.3) is 0 Å². The number of hydrogen-bond acceptors (Lipinski definition) is 2. The number of carbonyl (C=O) groups excluding carboxylic acids is 1. The molecule has 0 aliphatic carbocycles. The Hall–Kier alpha value is -1.07. The van der Waals surface area contributed by atoms with E-state index in [1.165, 1.54) is 6.07 Å².